The van der Waals surface area contributed by atoms with Crippen molar-refractivity contribution >= 4 is 5.96 Å². The molecule has 0 aromatic heterocycles. The van der Waals surface area contributed by atoms with Crippen LogP contribution in [0.2, 0.25) is 0 Å². The number of nitriles is 1. The summed E-state index contributed by atoms with van der Waals surface area (Å²) in [5.41, 5.74) is 1.73. The highest BCUT2D eigenvalue weighted by atomic mass is 19.1. The highest BCUT2D eigenvalue weighted by Gasteiger charge is 2.08. The third kappa shape index (κ3) is 4.86. The molecule has 7 heteroatoms. The van der Waals surface area contributed by atoms with E-state index in [9.17, 15) is 4.39 Å². The van der Waals surface area contributed by atoms with E-state index in [1.165, 1.54) is 18.2 Å². The number of methoxy groups -OCH3 is 2. The SMILES string of the molecule is CN=C(NCc1cc(C#N)ccc1F)NCc1ccc(OC)cc1OC. The molecule has 0 unspecified atom stereocenters. The van der Waals surface area contributed by atoms with Gasteiger partial charge in [-0.15, -0.1) is 0 Å². The lowest BCUT2D eigenvalue weighted by Crippen LogP contribution is -2.36. The molecule has 136 valence electrons. The number of halogens is 1. The summed E-state index contributed by atoms with van der Waals surface area (Å²) in [6.45, 7) is 0.675. The predicted molar refractivity (Wildman–Crippen MR) is 97.7 cm³/mol. The Kier molecular flexibility index (Phi) is 6.80. The van der Waals surface area contributed by atoms with Crippen molar-refractivity contribution in [2.24, 2.45) is 4.99 Å². The Morgan fingerprint density at radius 3 is 2.42 bits per heavy atom. The molecule has 0 aliphatic rings. The summed E-state index contributed by atoms with van der Waals surface area (Å²) in [6, 6.07) is 11.8. The lowest BCUT2D eigenvalue weighted by atomic mass is 10.1. The van der Waals surface area contributed by atoms with Crippen LogP contribution < -0.4 is 20.1 Å². The normalized spacial score (nSPS) is 10.8. The van der Waals surface area contributed by atoms with E-state index in [-0.39, 0.29) is 12.4 Å². The summed E-state index contributed by atoms with van der Waals surface area (Å²) in [7, 11) is 4.82. The van der Waals surface area contributed by atoms with E-state index < -0.39 is 0 Å². The molecule has 2 rings (SSSR count). The zero-order valence-corrected chi connectivity index (χ0v) is 15.0. The molecule has 2 N–H and O–H groups in total. The van der Waals surface area contributed by atoms with Crippen molar-refractivity contribution in [1.82, 2.24) is 10.6 Å². The summed E-state index contributed by atoms with van der Waals surface area (Å²) in [5.74, 6) is 1.54. The lowest BCUT2D eigenvalue weighted by Gasteiger charge is -2.15. The Balaban J connectivity index is 2.00. The molecule has 0 radical (unpaired) electrons. The Morgan fingerprint density at radius 2 is 1.81 bits per heavy atom. The molecule has 0 heterocycles. The average molecular weight is 356 g/mol. The summed E-state index contributed by atoms with van der Waals surface area (Å²) in [6.07, 6.45) is 0. The summed E-state index contributed by atoms with van der Waals surface area (Å²) in [5, 5.41) is 15.1. The van der Waals surface area contributed by atoms with Gasteiger partial charge in [0, 0.05) is 37.3 Å². The molecule has 0 aliphatic carbocycles. The minimum absolute atomic E-state index is 0.209. The van der Waals surface area contributed by atoms with Gasteiger partial charge < -0.3 is 20.1 Å². The summed E-state index contributed by atoms with van der Waals surface area (Å²) in [4.78, 5) is 4.12. The standard InChI is InChI=1S/C19H21FN4O2/c1-22-19(24-12-15-8-13(10-21)4-7-17(15)20)23-11-14-5-6-16(25-2)9-18(14)26-3/h4-9H,11-12H2,1-3H3,(H2,22,23,24). The van der Waals surface area contributed by atoms with Crippen molar-refractivity contribution < 1.29 is 13.9 Å². The van der Waals surface area contributed by atoms with E-state index in [1.807, 2.05) is 18.2 Å². The third-order valence-corrected chi connectivity index (χ3v) is 3.79. The highest BCUT2D eigenvalue weighted by Crippen LogP contribution is 2.24. The monoisotopic (exact) mass is 356 g/mol. The van der Waals surface area contributed by atoms with Gasteiger partial charge in [-0.2, -0.15) is 5.26 Å². The zero-order chi connectivity index (χ0) is 18.9. The number of aliphatic imine (C=N–C) groups is 1. The fourth-order valence-corrected chi connectivity index (χ4v) is 2.36. The lowest BCUT2D eigenvalue weighted by molar-refractivity contribution is 0.390. The zero-order valence-electron chi connectivity index (χ0n) is 15.0. The molecule has 0 fully saturated rings. The maximum atomic E-state index is 13.8. The van der Waals surface area contributed by atoms with Gasteiger partial charge in [-0.3, -0.25) is 4.99 Å². The smallest absolute Gasteiger partial charge is 0.191 e. The van der Waals surface area contributed by atoms with Gasteiger partial charge in [-0.05, 0) is 30.3 Å². The first-order valence-electron chi connectivity index (χ1n) is 7.95. The minimum atomic E-state index is -0.372. The maximum absolute atomic E-state index is 13.8. The van der Waals surface area contributed by atoms with Crippen LogP contribution in [0.3, 0.4) is 0 Å². The van der Waals surface area contributed by atoms with Gasteiger partial charge in [0.15, 0.2) is 5.96 Å². The number of hydrogen-bond donors (Lipinski definition) is 2. The van der Waals surface area contributed by atoms with Gasteiger partial charge in [-0.1, -0.05) is 0 Å². The molecular weight excluding hydrogens is 335 g/mol. The van der Waals surface area contributed by atoms with Crippen LogP contribution in [0.1, 0.15) is 16.7 Å². The molecule has 26 heavy (non-hydrogen) atoms. The second-order valence-corrected chi connectivity index (χ2v) is 5.38. The van der Waals surface area contributed by atoms with Gasteiger partial charge >= 0.3 is 0 Å². The van der Waals surface area contributed by atoms with E-state index in [0.717, 1.165) is 5.56 Å². The Hall–Kier alpha value is -3.27. The van der Waals surface area contributed by atoms with Crippen molar-refractivity contribution in [3.8, 4) is 17.6 Å². The molecule has 0 saturated carbocycles. The fourth-order valence-electron chi connectivity index (χ4n) is 2.36. The number of ether oxygens (including phenoxy) is 2. The highest BCUT2D eigenvalue weighted by molar-refractivity contribution is 5.79. The molecule has 0 saturated heterocycles. The quantitative estimate of drug-likeness (QED) is 0.614. The average Bonchev–Trinajstić information content (AvgIpc) is 2.69. The summed E-state index contributed by atoms with van der Waals surface area (Å²) < 4.78 is 24.4. The largest absolute Gasteiger partial charge is 0.497 e. The number of hydrogen-bond acceptors (Lipinski definition) is 4. The molecule has 0 bridgehead atoms. The topological polar surface area (TPSA) is 78.7 Å². The Labute approximate surface area is 152 Å². The molecule has 0 aliphatic heterocycles. The number of guanidine groups is 1. The van der Waals surface area contributed by atoms with Crippen LogP contribution in [0.15, 0.2) is 41.4 Å². The van der Waals surface area contributed by atoms with Gasteiger partial charge in [0.2, 0.25) is 0 Å². The van der Waals surface area contributed by atoms with Gasteiger partial charge in [0.1, 0.15) is 17.3 Å². The fraction of sp³-hybridized carbons (Fsp3) is 0.263. The second kappa shape index (κ2) is 9.28. The van der Waals surface area contributed by atoms with Crippen LogP contribution in [0.25, 0.3) is 0 Å². The van der Waals surface area contributed by atoms with Crippen molar-refractivity contribution in [1.29, 1.82) is 5.26 Å². The molecule has 0 atom stereocenters. The molecular formula is C19H21FN4O2. The van der Waals surface area contributed by atoms with Gasteiger partial charge in [0.25, 0.3) is 0 Å². The van der Waals surface area contributed by atoms with Crippen LogP contribution in [0.5, 0.6) is 11.5 Å². The van der Waals surface area contributed by atoms with Crippen molar-refractivity contribution in [2.75, 3.05) is 21.3 Å². The molecule has 2 aromatic rings. The minimum Gasteiger partial charge on any atom is -0.497 e. The molecule has 0 spiro atoms. The van der Waals surface area contributed by atoms with Crippen molar-refractivity contribution in [3.05, 3.63) is 58.9 Å². The first-order valence-corrected chi connectivity index (χ1v) is 7.95. The van der Waals surface area contributed by atoms with E-state index in [2.05, 4.69) is 15.6 Å². The predicted octanol–water partition coefficient (Wildman–Crippen LogP) is 2.58. The van der Waals surface area contributed by atoms with Crippen molar-refractivity contribution in [3.63, 3.8) is 0 Å². The van der Waals surface area contributed by atoms with Crippen LogP contribution >= 0.6 is 0 Å². The van der Waals surface area contributed by atoms with Crippen LogP contribution in [-0.4, -0.2) is 27.2 Å². The molecule has 2 aromatic carbocycles. The number of nitrogens with one attached hydrogen (secondary N) is 2. The van der Waals surface area contributed by atoms with Gasteiger partial charge in [-0.25, -0.2) is 4.39 Å². The summed E-state index contributed by atoms with van der Waals surface area (Å²) >= 11 is 0. The van der Waals surface area contributed by atoms with Crippen molar-refractivity contribution in [2.45, 2.75) is 13.1 Å². The van der Waals surface area contributed by atoms with E-state index >= 15 is 0 Å². The second-order valence-electron chi connectivity index (χ2n) is 5.38. The van der Waals surface area contributed by atoms with Gasteiger partial charge in [0.05, 0.1) is 25.9 Å². The number of nitrogens with zero attached hydrogens (tertiary/aromatic N) is 2. The first-order chi connectivity index (χ1) is 12.6. The Bertz CT molecular complexity index is 831. The van der Waals surface area contributed by atoms with E-state index in [4.69, 9.17) is 14.7 Å². The van der Waals surface area contributed by atoms with E-state index in [0.29, 0.717) is 35.1 Å². The Morgan fingerprint density at radius 1 is 1.08 bits per heavy atom. The molecule has 0 amide bonds. The number of rotatable bonds is 6. The molecule has 6 nitrogen and oxygen atoms in total. The third-order valence-electron chi connectivity index (χ3n) is 3.79. The van der Waals surface area contributed by atoms with Crippen LogP contribution in [0.4, 0.5) is 4.39 Å². The van der Waals surface area contributed by atoms with E-state index in [1.54, 1.807) is 27.3 Å². The maximum Gasteiger partial charge on any atom is 0.191 e. The number of benzene rings is 2. The first kappa shape index (κ1) is 19.1. The van der Waals surface area contributed by atoms with Crippen LogP contribution in [0, 0.1) is 17.1 Å². The van der Waals surface area contributed by atoms with Crippen LogP contribution in [-0.2, 0) is 13.1 Å².